The molecule has 0 radical (unpaired) electrons. The Hall–Kier alpha value is -2.28. The minimum Gasteiger partial charge on any atom is -0.448 e. The zero-order valence-corrected chi connectivity index (χ0v) is 14.4. The van der Waals surface area contributed by atoms with Crippen LogP contribution in [-0.4, -0.2) is 51.6 Å². The topological polar surface area (TPSA) is 81.4 Å². The molecule has 132 valence electrons. The number of amides is 1. The number of oxazole rings is 1. The van der Waals surface area contributed by atoms with E-state index >= 15 is 0 Å². The highest BCUT2D eigenvalue weighted by atomic mass is 16.5. The summed E-state index contributed by atoms with van der Waals surface area (Å²) in [6.45, 7) is 4.00. The van der Waals surface area contributed by atoms with Crippen molar-refractivity contribution in [1.29, 1.82) is 0 Å². The Morgan fingerprint density at radius 2 is 2.04 bits per heavy atom. The monoisotopic (exact) mass is 342 g/mol. The number of nitrogens with zero attached hydrogens (tertiary/aromatic N) is 4. The molecular weight excluding hydrogens is 320 g/mol. The van der Waals surface area contributed by atoms with Crippen molar-refractivity contribution in [3.05, 3.63) is 42.1 Å². The van der Waals surface area contributed by atoms with E-state index in [9.17, 15) is 4.79 Å². The van der Waals surface area contributed by atoms with Gasteiger partial charge in [-0.1, -0.05) is 0 Å². The normalized spacial score (nSPS) is 22.4. The van der Waals surface area contributed by atoms with Gasteiger partial charge in [0, 0.05) is 50.8 Å². The van der Waals surface area contributed by atoms with Crippen molar-refractivity contribution in [2.45, 2.75) is 38.7 Å². The van der Waals surface area contributed by atoms with Gasteiger partial charge in [0.2, 0.25) is 0 Å². The Kier molecular flexibility index (Phi) is 4.25. The molecule has 2 aromatic rings. The van der Waals surface area contributed by atoms with Crippen LogP contribution in [0.1, 0.15) is 41.2 Å². The van der Waals surface area contributed by atoms with E-state index in [1.54, 1.807) is 13.3 Å². The number of hydrogen-bond acceptors (Lipinski definition) is 6. The number of ether oxygens (including phenoxy) is 1. The number of piperidine rings is 1. The number of likely N-dealkylation sites (tertiary alicyclic amines) is 1. The highest BCUT2D eigenvalue weighted by Gasteiger charge is 2.46. The van der Waals surface area contributed by atoms with Gasteiger partial charge in [0.05, 0.1) is 6.10 Å². The lowest BCUT2D eigenvalue weighted by atomic mass is 9.71. The molecule has 4 rings (SSSR count). The van der Waals surface area contributed by atoms with E-state index in [1.165, 1.54) is 6.26 Å². The average Bonchev–Trinajstić information content (AvgIpc) is 3.23. The number of carbonyl (C=O) groups excluding carboxylic acids is 1. The molecule has 0 unspecified atom stereocenters. The second kappa shape index (κ2) is 6.55. The maximum atomic E-state index is 12.5. The van der Waals surface area contributed by atoms with E-state index in [-0.39, 0.29) is 17.4 Å². The van der Waals surface area contributed by atoms with Crippen molar-refractivity contribution in [1.82, 2.24) is 19.9 Å². The van der Waals surface area contributed by atoms with Gasteiger partial charge in [0.1, 0.15) is 12.6 Å². The van der Waals surface area contributed by atoms with Gasteiger partial charge < -0.3 is 14.1 Å². The van der Waals surface area contributed by atoms with Crippen molar-refractivity contribution < 1.29 is 13.9 Å². The standard InChI is InChI=1S/C18H22N4O3/c1-13-21-15(11-25-13)17(23)22-5-2-18(3-6-22)4-7-24-16(18)8-14-9-19-12-20-10-14/h9-12,16H,2-8H2,1H3/t16-/m0/s1. The molecular formula is C18H22N4O3. The summed E-state index contributed by atoms with van der Waals surface area (Å²) in [7, 11) is 0. The SMILES string of the molecule is Cc1nc(C(=O)N2CCC3(CCO[C@H]3Cc3cncnc3)CC2)co1. The molecule has 1 spiro atoms. The van der Waals surface area contributed by atoms with Crippen molar-refractivity contribution in [3.63, 3.8) is 0 Å². The van der Waals surface area contributed by atoms with Crippen LogP contribution in [-0.2, 0) is 11.2 Å². The summed E-state index contributed by atoms with van der Waals surface area (Å²) in [5.41, 5.74) is 1.64. The van der Waals surface area contributed by atoms with Gasteiger partial charge in [0.15, 0.2) is 11.6 Å². The van der Waals surface area contributed by atoms with Crippen LogP contribution in [0, 0.1) is 12.3 Å². The molecule has 0 aliphatic carbocycles. The van der Waals surface area contributed by atoms with E-state index < -0.39 is 0 Å². The van der Waals surface area contributed by atoms with Gasteiger partial charge in [0.25, 0.3) is 5.91 Å². The largest absolute Gasteiger partial charge is 0.448 e. The van der Waals surface area contributed by atoms with Crippen LogP contribution < -0.4 is 0 Å². The summed E-state index contributed by atoms with van der Waals surface area (Å²) < 4.78 is 11.2. The average molecular weight is 342 g/mol. The minimum atomic E-state index is -0.0429. The second-order valence-corrected chi connectivity index (χ2v) is 6.97. The van der Waals surface area contributed by atoms with Crippen LogP contribution in [0.3, 0.4) is 0 Å². The highest BCUT2D eigenvalue weighted by molar-refractivity contribution is 5.92. The van der Waals surface area contributed by atoms with E-state index in [0.29, 0.717) is 11.6 Å². The van der Waals surface area contributed by atoms with Gasteiger partial charge in [-0.3, -0.25) is 4.79 Å². The summed E-state index contributed by atoms with van der Waals surface area (Å²) in [6, 6.07) is 0. The first-order chi connectivity index (χ1) is 12.2. The van der Waals surface area contributed by atoms with Crippen LogP contribution in [0.2, 0.25) is 0 Å². The molecule has 2 saturated heterocycles. The third-order valence-electron chi connectivity index (χ3n) is 5.52. The van der Waals surface area contributed by atoms with Crippen LogP contribution in [0.15, 0.2) is 29.4 Å². The Balaban J connectivity index is 1.42. The molecule has 1 amide bonds. The zero-order valence-electron chi connectivity index (χ0n) is 14.4. The molecule has 2 fully saturated rings. The predicted molar refractivity (Wildman–Crippen MR) is 88.9 cm³/mol. The van der Waals surface area contributed by atoms with Crippen LogP contribution in [0.5, 0.6) is 0 Å². The van der Waals surface area contributed by atoms with Crippen molar-refractivity contribution in [2.75, 3.05) is 19.7 Å². The maximum Gasteiger partial charge on any atom is 0.275 e. The van der Waals surface area contributed by atoms with Crippen LogP contribution in [0.25, 0.3) is 0 Å². The summed E-state index contributed by atoms with van der Waals surface area (Å²) in [5.74, 6) is 0.477. The maximum absolute atomic E-state index is 12.5. The third kappa shape index (κ3) is 3.16. The number of carbonyl (C=O) groups is 1. The quantitative estimate of drug-likeness (QED) is 0.849. The number of aryl methyl sites for hydroxylation is 1. The summed E-state index contributed by atoms with van der Waals surface area (Å²) in [5, 5.41) is 0. The highest BCUT2D eigenvalue weighted by Crippen LogP contribution is 2.45. The molecule has 0 aromatic carbocycles. The van der Waals surface area contributed by atoms with Crippen LogP contribution in [0.4, 0.5) is 0 Å². The molecule has 4 heterocycles. The van der Waals surface area contributed by atoms with Crippen LogP contribution >= 0.6 is 0 Å². The number of hydrogen-bond donors (Lipinski definition) is 0. The van der Waals surface area contributed by atoms with E-state index in [1.807, 2.05) is 17.3 Å². The zero-order chi connectivity index (χ0) is 17.3. The molecule has 0 bridgehead atoms. The first-order valence-electron chi connectivity index (χ1n) is 8.73. The van der Waals surface area contributed by atoms with Crippen molar-refractivity contribution in [3.8, 4) is 0 Å². The molecule has 7 nitrogen and oxygen atoms in total. The fourth-order valence-corrected chi connectivity index (χ4v) is 4.02. The van der Waals surface area contributed by atoms with Gasteiger partial charge in [-0.05, 0) is 24.8 Å². The molecule has 0 saturated carbocycles. The predicted octanol–water partition coefficient (Wildman–Crippen LogP) is 2.03. The van der Waals surface area contributed by atoms with Gasteiger partial charge in [-0.25, -0.2) is 15.0 Å². The van der Waals surface area contributed by atoms with Crippen molar-refractivity contribution >= 4 is 5.91 Å². The van der Waals surface area contributed by atoms with Crippen molar-refractivity contribution in [2.24, 2.45) is 5.41 Å². The van der Waals surface area contributed by atoms with E-state index in [2.05, 4.69) is 15.0 Å². The number of aromatic nitrogens is 3. The minimum absolute atomic E-state index is 0.0429. The lowest BCUT2D eigenvalue weighted by Gasteiger charge is -2.42. The Labute approximate surface area is 146 Å². The Bertz CT molecular complexity index is 738. The Morgan fingerprint density at radius 1 is 1.28 bits per heavy atom. The van der Waals surface area contributed by atoms with Gasteiger partial charge >= 0.3 is 0 Å². The molecule has 7 heteroatoms. The summed E-state index contributed by atoms with van der Waals surface area (Å²) in [6.07, 6.45) is 10.7. The molecule has 2 aromatic heterocycles. The lowest BCUT2D eigenvalue weighted by Crippen LogP contribution is -2.47. The molecule has 0 N–H and O–H groups in total. The van der Waals surface area contributed by atoms with Gasteiger partial charge in [-0.15, -0.1) is 0 Å². The Morgan fingerprint density at radius 3 is 2.72 bits per heavy atom. The second-order valence-electron chi connectivity index (χ2n) is 6.97. The van der Waals surface area contributed by atoms with E-state index in [4.69, 9.17) is 9.15 Å². The number of rotatable bonds is 3. The fourth-order valence-electron chi connectivity index (χ4n) is 4.02. The summed E-state index contributed by atoms with van der Waals surface area (Å²) >= 11 is 0. The van der Waals surface area contributed by atoms with E-state index in [0.717, 1.165) is 50.9 Å². The molecule has 2 aliphatic rings. The molecule has 1 atom stereocenters. The fraction of sp³-hybridized carbons (Fsp3) is 0.556. The molecule has 25 heavy (non-hydrogen) atoms. The lowest BCUT2D eigenvalue weighted by molar-refractivity contribution is 0.00961. The first kappa shape index (κ1) is 16.2. The molecule has 2 aliphatic heterocycles. The third-order valence-corrected chi connectivity index (χ3v) is 5.52. The first-order valence-corrected chi connectivity index (χ1v) is 8.73. The summed E-state index contributed by atoms with van der Waals surface area (Å²) in [4.78, 5) is 26.8. The smallest absolute Gasteiger partial charge is 0.275 e. The van der Waals surface area contributed by atoms with Gasteiger partial charge in [-0.2, -0.15) is 0 Å².